The first-order valence-electron chi connectivity index (χ1n) is 8.76. The SMILES string of the molecule is COc1ccc(Cl)cc1NC(=O)[C@@H]1CCCN1C(=O)Nc1ccc(C)cc1. The van der Waals surface area contributed by atoms with Crippen molar-refractivity contribution in [1.29, 1.82) is 0 Å². The molecule has 2 N–H and O–H groups in total. The Hall–Kier alpha value is -2.73. The van der Waals surface area contributed by atoms with Gasteiger partial charge >= 0.3 is 6.03 Å². The number of benzene rings is 2. The summed E-state index contributed by atoms with van der Waals surface area (Å²) in [5, 5.41) is 6.18. The smallest absolute Gasteiger partial charge is 0.322 e. The number of urea groups is 1. The maximum Gasteiger partial charge on any atom is 0.322 e. The maximum absolute atomic E-state index is 12.8. The Morgan fingerprint density at radius 3 is 2.59 bits per heavy atom. The molecule has 0 bridgehead atoms. The van der Waals surface area contributed by atoms with Crippen LogP contribution in [0.3, 0.4) is 0 Å². The molecule has 0 unspecified atom stereocenters. The van der Waals surface area contributed by atoms with Gasteiger partial charge in [-0.05, 0) is 50.1 Å². The van der Waals surface area contributed by atoms with E-state index in [-0.39, 0.29) is 11.9 Å². The van der Waals surface area contributed by atoms with E-state index in [9.17, 15) is 9.59 Å². The molecule has 27 heavy (non-hydrogen) atoms. The van der Waals surface area contributed by atoms with Crippen molar-refractivity contribution in [3.05, 3.63) is 53.1 Å². The van der Waals surface area contributed by atoms with Crippen LogP contribution in [0.1, 0.15) is 18.4 Å². The molecule has 0 saturated carbocycles. The zero-order valence-electron chi connectivity index (χ0n) is 15.3. The number of carbonyl (C=O) groups excluding carboxylic acids is 2. The van der Waals surface area contributed by atoms with Gasteiger partial charge in [0, 0.05) is 17.3 Å². The van der Waals surface area contributed by atoms with E-state index in [0.717, 1.165) is 12.0 Å². The van der Waals surface area contributed by atoms with Crippen molar-refractivity contribution in [3.63, 3.8) is 0 Å². The second kappa shape index (κ2) is 8.31. The van der Waals surface area contributed by atoms with Crippen molar-refractivity contribution in [3.8, 4) is 5.75 Å². The van der Waals surface area contributed by atoms with Crippen molar-refractivity contribution in [2.75, 3.05) is 24.3 Å². The predicted molar refractivity (Wildman–Crippen MR) is 107 cm³/mol. The fourth-order valence-electron chi connectivity index (χ4n) is 3.11. The van der Waals surface area contributed by atoms with E-state index in [1.165, 1.54) is 7.11 Å². The molecule has 2 aromatic rings. The summed E-state index contributed by atoms with van der Waals surface area (Å²) in [6.45, 7) is 2.51. The van der Waals surface area contributed by atoms with Crippen molar-refractivity contribution < 1.29 is 14.3 Å². The molecule has 1 heterocycles. The number of nitrogens with one attached hydrogen (secondary N) is 2. The fourth-order valence-corrected chi connectivity index (χ4v) is 3.28. The molecule has 0 aliphatic carbocycles. The minimum atomic E-state index is -0.542. The van der Waals surface area contributed by atoms with Gasteiger partial charge in [-0.2, -0.15) is 0 Å². The van der Waals surface area contributed by atoms with Crippen molar-refractivity contribution in [2.24, 2.45) is 0 Å². The third kappa shape index (κ3) is 4.52. The fraction of sp³-hybridized carbons (Fsp3) is 0.300. The van der Waals surface area contributed by atoms with E-state index in [2.05, 4.69) is 10.6 Å². The number of methoxy groups -OCH3 is 1. The van der Waals surface area contributed by atoms with E-state index < -0.39 is 6.04 Å². The molecule has 1 atom stereocenters. The number of halogens is 1. The number of rotatable bonds is 4. The van der Waals surface area contributed by atoms with Crippen molar-refractivity contribution in [1.82, 2.24) is 4.90 Å². The lowest BCUT2D eigenvalue weighted by Gasteiger charge is -2.24. The first-order chi connectivity index (χ1) is 13.0. The van der Waals surface area contributed by atoms with Gasteiger partial charge in [-0.25, -0.2) is 4.79 Å². The lowest BCUT2D eigenvalue weighted by Crippen LogP contribution is -2.45. The first kappa shape index (κ1) is 19.0. The largest absolute Gasteiger partial charge is 0.495 e. The lowest BCUT2D eigenvalue weighted by atomic mass is 10.2. The zero-order valence-corrected chi connectivity index (χ0v) is 16.0. The van der Waals surface area contributed by atoms with E-state index in [4.69, 9.17) is 16.3 Å². The Labute approximate surface area is 163 Å². The summed E-state index contributed by atoms with van der Waals surface area (Å²) in [6, 6.07) is 11.7. The van der Waals surface area contributed by atoms with Gasteiger partial charge in [-0.15, -0.1) is 0 Å². The molecule has 1 saturated heterocycles. The molecule has 7 heteroatoms. The predicted octanol–water partition coefficient (Wildman–Crippen LogP) is 4.29. The number of carbonyl (C=O) groups is 2. The van der Waals surface area contributed by atoms with Crippen LogP contribution in [0.4, 0.5) is 16.2 Å². The topological polar surface area (TPSA) is 70.7 Å². The highest BCUT2D eigenvalue weighted by molar-refractivity contribution is 6.31. The van der Waals surface area contributed by atoms with Gasteiger partial charge < -0.3 is 20.3 Å². The summed E-state index contributed by atoms with van der Waals surface area (Å²) in [7, 11) is 1.52. The minimum absolute atomic E-state index is 0.257. The standard InChI is InChI=1S/C20H22ClN3O3/c1-13-5-8-15(9-6-13)22-20(26)24-11-3-4-17(24)19(25)23-16-12-14(21)7-10-18(16)27-2/h5-10,12,17H,3-4,11H2,1-2H3,(H,22,26)(H,23,25)/t17-/m0/s1. The molecule has 1 fully saturated rings. The summed E-state index contributed by atoms with van der Waals surface area (Å²) in [5.74, 6) is 0.258. The summed E-state index contributed by atoms with van der Waals surface area (Å²) in [5.41, 5.74) is 2.30. The summed E-state index contributed by atoms with van der Waals surface area (Å²) < 4.78 is 5.26. The Morgan fingerprint density at radius 1 is 1.15 bits per heavy atom. The lowest BCUT2D eigenvalue weighted by molar-refractivity contribution is -0.119. The molecular weight excluding hydrogens is 366 g/mol. The molecule has 2 aromatic carbocycles. The second-order valence-electron chi connectivity index (χ2n) is 6.48. The third-order valence-corrected chi connectivity index (χ3v) is 4.77. The van der Waals surface area contributed by atoms with E-state index in [0.29, 0.717) is 35.1 Å². The highest BCUT2D eigenvalue weighted by atomic mass is 35.5. The van der Waals surface area contributed by atoms with Crippen LogP contribution in [0.5, 0.6) is 5.75 Å². The summed E-state index contributed by atoms with van der Waals surface area (Å²) in [4.78, 5) is 27.0. The number of ether oxygens (including phenoxy) is 1. The summed E-state index contributed by atoms with van der Waals surface area (Å²) >= 11 is 6.02. The first-order valence-corrected chi connectivity index (χ1v) is 9.14. The van der Waals surface area contributed by atoms with Crippen LogP contribution in [0.25, 0.3) is 0 Å². The van der Waals surface area contributed by atoms with Crippen LogP contribution in [0, 0.1) is 6.92 Å². The van der Waals surface area contributed by atoms with Gasteiger partial charge in [0.1, 0.15) is 11.8 Å². The van der Waals surface area contributed by atoms with Crippen LogP contribution in [-0.4, -0.2) is 36.5 Å². The molecule has 3 amide bonds. The highest BCUT2D eigenvalue weighted by Gasteiger charge is 2.34. The van der Waals surface area contributed by atoms with Crippen LogP contribution in [0.2, 0.25) is 5.02 Å². The van der Waals surface area contributed by atoms with Crippen LogP contribution >= 0.6 is 11.6 Å². The van der Waals surface area contributed by atoms with Gasteiger partial charge in [0.05, 0.1) is 12.8 Å². The molecule has 0 radical (unpaired) electrons. The normalized spacial score (nSPS) is 16.1. The highest BCUT2D eigenvalue weighted by Crippen LogP contribution is 2.29. The molecule has 1 aliphatic heterocycles. The monoisotopic (exact) mass is 387 g/mol. The van der Waals surface area contributed by atoms with Crippen molar-refractivity contribution in [2.45, 2.75) is 25.8 Å². The quantitative estimate of drug-likeness (QED) is 0.822. The molecular formula is C20H22ClN3O3. The van der Waals surface area contributed by atoms with Gasteiger partial charge in [0.25, 0.3) is 0 Å². The van der Waals surface area contributed by atoms with Crippen LogP contribution in [-0.2, 0) is 4.79 Å². The molecule has 6 nitrogen and oxygen atoms in total. The van der Waals surface area contributed by atoms with E-state index in [1.54, 1.807) is 23.1 Å². The average Bonchev–Trinajstić information content (AvgIpc) is 3.14. The molecule has 0 aromatic heterocycles. The van der Waals surface area contributed by atoms with Gasteiger partial charge in [0.2, 0.25) is 5.91 Å². The minimum Gasteiger partial charge on any atom is -0.495 e. The van der Waals surface area contributed by atoms with E-state index in [1.807, 2.05) is 31.2 Å². The molecule has 142 valence electrons. The Morgan fingerprint density at radius 2 is 1.89 bits per heavy atom. The third-order valence-electron chi connectivity index (χ3n) is 4.54. The zero-order chi connectivity index (χ0) is 19.4. The molecule has 3 rings (SSSR count). The van der Waals surface area contributed by atoms with Gasteiger partial charge in [0.15, 0.2) is 0 Å². The van der Waals surface area contributed by atoms with Gasteiger partial charge in [-0.3, -0.25) is 4.79 Å². The van der Waals surface area contributed by atoms with Crippen molar-refractivity contribution >= 4 is 34.9 Å². The number of aryl methyl sites for hydroxylation is 1. The van der Waals surface area contributed by atoms with Crippen LogP contribution < -0.4 is 15.4 Å². The summed E-state index contributed by atoms with van der Waals surface area (Å²) in [6.07, 6.45) is 1.38. The van der Waals surface area contributed by atoms with Crippen LogP contribution in [0.15, 0.2) is 42.5 Å². The number of amides is 3. The number of nitrogens with zero attached hydrogens (tertiary/aromatic N) is 1. The molecule has 1 aliphatic rings. The molecule has 0 spiro atoms. The van der Waals surface area contributed by atoms with E-state index >= 15 is 0 Å². The Bertz CT molecular complexity index is 839. The maximum atomic E-state index is 12.8. The second-order valence-corrected chi connectivity index (χ2v) is 6.92. The average molecular weight is 388 g/mol. The number of likely N-dealkylation sites (tertiary alicyclic amines) is 1. The number of hydrogen-bond acceptors (Lipinski definition) is 3. The Balaban J connectivity index is 1.70. The number of anilines is 2. The Kier molecular flexibility index (Phi) is 5.86. The van der Waals surface area contributed by atoms with Gasteiger partial charge in [-0.1, -0.05) is 29.3 Å². The number of hydrogen-bond donors (Lipinski definition) is 2.